The number of carbonyl (C=O) groups excluding carboxylic acids is 1. The van der Waals surface area contributed by atoms with E-state index >= 15 is 0 Å². The van der Waals surface area contributed by atoms with Gasteiger partial charge >= 0.3 is 6.36 Å². The second kappa shape index (κ2) is 5.21. The first-order valence-electron chi connectivity index (χ1n) is 4.33. The van der Waals surface area contributed by atoms with Crippen LogP contribution in [0.5, 0.6) is 5.75 Å². The van der Waals surface area contributed by atoms with Gasteiger partial charge in [-0.05, 0) is 17.7 Å². The van der Waals surface area contributed by atoms with E-state index in [1.54, 1.807) is 0 Å². The van der Waals surface area contributed by atoms with Gasteiger partial charge in [-0.2, -0.15) is 0 Å². The summed E-state index contributed by atoms with van der Waals surface area (Å²) in [6.45, 7) is 0. The number of halogens is 4. The van der Waals surface area contributed by atoms with Crippen LogP contribution in [0.4, 0.5) is 13.2 Å². The highest BCUT2D eigenvalue weighted by atomic mass is 35.5. The molecule has 0 radical (unpaired) electrons. The van der Waals surface area contributed by atoms with Crippen LogP contribution in [0, 0.1) is 0 Å². The van der Waals surface area contributed by atoms with Crippen LogP contribution in [0.3, 0.4) is 0 Å². The van der Waals surface area contributed by atoms with Crippen molar-refractivity contribution in [2.75, 3.05) is 5.88 Å². The molecule has 1 aromatic rings. The van der Waals surface area contributed by atoms with Crippen molar-refractivity contribution in [1.82, 2.24) is 0 Å². The van der Waals surface area contributed by atoms with E-state index in [2.05, 4.69) is 4.74 Å². The molecule has 0 aromatic heterocycles. The fraction of sp³-hybridized carbons (Fsp3) is 0.300. The molecule has 0 spiro atoms. The molecule has 16 heavy (non-hydrogen) atoms. The quantitative estimate of drug-likeness (QED) is 0.770. The smallest absolute Gasteiger partial charge is 0.406 e. The van der Waals surface area contributed by atoms with Crippen molar-refractivity contribution in [3.63, 3.8) is 0 Å². The van der Waals surface area contributed by atoms with Gasteiger partial charge in [-0.3, -0.25) is 4.79 Å². The Morgan fingerprint density at radius 2 is 2.06 bits per heavy atom. The van der Waals surface area contributed by atoms with Gasteiger partial charge in [-0.1, -0.05) is 12.1 Å². The van der Waals surface area contributed by atoms with E-state index in [9.17, 15) is 18.0 Å². The summed E-state index contributed by atoms with van der Waals surface area (Å²) in [7, 11) is 0. The van der Waals surface area contributed by atoms with Gasteiger partial charge in [-0.25, -0.2) is 0 Å². The van der Waals surface area contributed by atoms with Crippen molar-refractivity contribution in [3.8, 4) is 5.75 Å². The van der Waals surface area contributed by atoms with Gasteiger partial charge < -0.3 is 4.74 Å². The molecule has 0 amide bonds. The normalized spacial score (nSPS) is 11.2. The maximum absolute atomic E-state index is 11.9. The van der Waals surface area contributed by atoms with Gasteiger partial charge in [0.05, 0.1) is 5.88 Å². The van der Waals surface area contributed by atoms with Crippen molar-refractivity contribution >= 4 is 17.4 Å². The number of rotatable bonds is 4. The van der Waals surface area contributed by atoms with E-state index in [0.717, 1.165) is 6.07 Å². The van der Waals surface area contributed by atoms with Crippen LogP contribution in [-0.4, -0.2) is 18.0 Å². The molecule has 0 atom stereocenters. The molecule has 2 nitrogen and oxygen atoms in total. The predicted octanol–water partition coefficient (Wildman–Crippen LogP) is 2.94. The largest absolute Gasteiger partial charge is 0.573 e. The summed E-state index contributed by atoms with van der Waals surface area (Å²) in [6, 6.07) is 5.26. The zero-order valence-electron chi connectivity index (χ0n) is 8.05. The van der Waals surface area contributed by atoms with Crippen molar-refractivity contribution in [1.29, 1.82) is 0 Å². The summed E-state index contributed by atoms with van der Waals surface area (Å²) in [5.74, 6) is -0.761. The molecule has 0 aliphatic rings. The third-order valence-electron chi connectivity index (χ3n) is 1.68. The summed E-state index contributed by atoms with van der Waals surface area (Å²) in [5, 5.41) is 0. The fourth-order valence-electron chi connectivity index (χ4n) is 1.13. The molecule has 0 N–H and O–H groups in total. The summed E-state index contributed by atoms with van der Waals surface area (Å²) in [4.78, 5) is 11.0. The Hall–Kier alpha value is -1.23. The van der Waals surface area contributed by atoms with E-state index in [4.69, 9.17) is 11.6 Å². The molecule has 88 valence electrons. The molecule has 0 fully saturated rings. The monoisotopic (exact) mass is 252 g/mol. The third-order valence-corrected chi connectivity index (χ3v) is 1.98. The van der Waals surface area contributed by atoms with E-state index in [1.807, 2.05) is 0 Å². The molecule has 1 aromatic carbocycles. The Labute approximate surface area is 95.0 Å². The Morgan fingerprint density at radius 1 is 1.38 bits per heavy atom. The van der Waals surface area contributed by atoms with E-state index in [-0.39, 0.29) is 23.8 Å². The number of benzene rings is 1. The topological polar surface area (TPSA) is 26.3 Å². The third kappa shape index (κ3) is 4.53. The lowest BCUT2D eigenvalue weighted by Gasteiger charge is -2.09. The maximum Gasteiger partial charge on any atom is 0.573 e. The summed E-state index contributed by atoms with van der Waals surface area (Å²) >= 11 is 5.29. The lowest BCUT2D eigenvalue weighted by atomic mass is 10.1. The standard InChI is InChI=1S/C10H8ClF3O2/c11-6-8(15)4-7-2-1-3-9(5-7)16-10(12,13)14/h1-3,5H,4,6H2. The number of ether oxygens (including phenoxy) is 1. The predicted molar refractivity (Wildman–Crippen MR) is 52.6 cm³/mol. The van der Waals surface area contributed by atoms with Crippen LogP contribution in [0.15, 0.2) is 24.3 Å². The Bertz CT molecular complexity index is 377. The Kier molecular flexibility index (Phi) is 4.18. The van der Waals surface area contributed by atoms with Crippen LogP contribution in [0.25, 0.3) is 0 Å². The highest BCUT2D eigenvalue weighted by Gasteiger charge is 2.31. The summed E-state index contributed by atoms with van der Waals surface area (Å²) in [6.07, 6.45) is -4.73. The molecule has 0 saturated heterocycles. The average Bonchev–Trinajstić information content (AvgIpc) is 2.15. The van der Waals surface area contributed by atoms with E-state index in [0.29, 0.717) is 5.56 Å². The molecule has 0 aliphatic carbocycles. The highest BCUT2D eigenvalue weighted by molar-refractivity contribution is 6.27. The zero-order chi connectivity index (χ0) is 12.2. The Morgan fingerprint density at radius 3 is 2.62 bits per heavy atom. The van der Waals surface area contributed by atoms with Crippen molar-refractivity contribution in [3.05, 3.63) is 29.8 Å². The number of ketones is 1. The van der Waals surface area contributed by atoms with Crippen LogP contribution in [0.1, 0.15) is 5.56 Å². The molecular formula is C10H8ClF3O2. The number of hydrogen-bond donors (Lipinski definition) is 0. The lowest BCUT2D eigenvalue weighted by Crippen LogP contribution is -2.17. The number of alkyl halides is 4. The molecule has 6 heteroatoms. The molecule has 0 heterocycles. The molecular weight excluding hydrogens is 245 g/mol. The number of Topliss-reactive ketones (excluding diaryl/α,β-unsaturated/α-hetero) is 1. The zero-order valence-corrected chi connectivity index (χ0v) is 8.81. The maximum atomic E-state index is 11.9. The average molecular weight is 253 g/mol. The van der Waals surface area contributed by atoms with Crippen molar-refractivity contribution in [2.45, 2.75) is 12.8 Å². The van der Waals surface area contributed by atoms with Crippen LogP contribution in [0.2, 0.25) is 0 Å². The molecule has 1 rings (SSSR count). The molecule has 0 unspecified atom stereocenters. The van der Waals surface area contributed by atoms with Gasteiger partial charge in [0.1, 0.15) is 5.75 Å². The first-order chi connectivity index (χ1) is 7.40. The lowest BCUT2D eigenvalue weighted by molar-refractivity contribution is -0.274. The highest BCUT2D eigenvalue weighted by Crippen LogP contribution is 2.23. The number of hydrogen-bond acceptors (Lipinski definition) is 2. The second-order valence-electron chi connectivity index (χ2n) is 3.04. The summed E-state index contributed by atoms with van der Waals surface area (Å²) in [5.41, 5.74) is 0.437. The van der Waals surface area contributed by atoms with Gasteiger partial charge in [0.25, 0.3) is 0 Å². The second-order valence-corrected chi connectivity index (χ2v) is 3.31. The molecule has 0 saturated carbocycles. The van der Waals surface area contributed by atoms with Gasteiger partial charge in [-0.15, -0.1) is 24.8 Å². The van der Waals surface area contributed by atoms with Gasteiger partial charge in [0, 0.05) is 6.42 Å². The van der Waals surface area contributed by atoms with Crippen molar-refractivity contribution < 1.29 is 22.7 Å². The molecule has 0 aliphatic heterocycles. The minimum atomic E-state index is -4.73. The van der Waals surface area contributed by atoms with Crippen LogP contribution >= 0.6 is 11.6 Å². The van der Waals surface area contributed by atoms with Gasteiger partial charge in [0.2, 0.25) is 0 Å². The van der Waals surface area contributed by atoms with Crippen LogP contribution < -0.4 is 4.74 Å². The Balaban J connectivity index is 2.75. The SMILES string of the molecule is O=C(CCl)Cc1cccc(OC(F)(F)F)c1. The number of carbonyl (C=O) groups is 1. The first-order valence-corrected chi connectivity index (χ1v) is 4.86. The van der Waals surface area contributed by atoms with Crippen molar-refractivity contribution in [2.24, 2.45) is 0 Å². The fourth-order valence-corrected chi connectivity index (χ4v) is 1.22. The minimum Gasteiger partial charge on any atom is -0.406 e. The van der Waals surface area contributed by atoms with E-state index in [1.165, 1.54) is 18.2 Å². The molecule has 0 bridgehead atoms. The summed E-state index contributed by atoms with van der Waals surface area (Å²) < 4.78 is 39.4. The van der Waals surface area contributed by atoms with Crippen LogP contribution in [-0.2, 0) is 11.2 Å². The minimum absolute atomic E-state index is 0.00143. The van der Waals surface area contributed by atoms with E-state index < -0.39 is 6.36 Å². The van der Waals surface area contributed by atoms with Gasteiger partial charge in [0.15, 0.2) is 5.78 Å². The first kappa shape index (κ1) is 12.8.